The van der Waals surface area contributed by atoms with E-state index < -0.39 is 0 Å². The smallest absolute Gasteiger partial charge is 0.226 e. The van der Waals surface area contributed by atoms with E-state index in [1.807, 2.05) is 30.3 Å². The highest BCUT2D eigenvalue weighted by Gasteiger charge is 2.10. The van der Waals surface area contributed by atoms with Crippen molar-refractivity contribution in [2.75, 3.05) is 20.8 Å². The molecule has 0 atom stereocenters. The maximum atomic E-state index is 12.2. The first-order valence-electron chi connectivity index (χ1n) is 7.44. The Morgan fingerprint density at radius 1 is 1.04 bits per heavy atom. The molecule has 2 aromatic rings. The Balaban J connectivity index is 1.79. The van der Waals surface area contributed by atoms with Crippen molar-refractivity contribution in [3.8, 4) is 11.5 Å². The van der Waals surface area contributed by atoms with Crippen LogP contribution in [0.2, 0.25) is 10.0 Å². The van der Waals surface area contributed by atoms with Gasteiger partial charge in [0.25, 0.3) is 0 Å². The Kier molecular flexibility index (Phi) is 6.76. The van der Waals surface area contributed by atoms with Crippen LogP contribution < -0.4 is 9.47 Å². The average Bonchev–Trinajstić information content (AvgIpc) is 2.58. The fourth-order valence-electron chi connectivity index (χ4n) is 2.12. The lowest BCUT2D eigenvalue weighted by atomic mass is 10.2. The molecule has 0 aliphatic rings. The summed E-state index contributed by atoms with van der Waals surface area (Å²) >= 11 is 11.9. The Morgan fingerprint density at radius 3 is 2.33 bits per heavy atom. The molecule has 0 fully saturated rings. The molecule has 0 aliphatic carbocycles. The maximum absolute atomic E-state index is 12.2. The van der Waals surface area contributed by atoms with Gasteiger partial charge in [0.1, 0.15) is 11.5 Å². The van der Waals surface area contributed by atoms with Crippen LogP contribution in [0.3, 0.4) is 0 Å². The third-order valence-corrected chi connectivity index (χ3v) is 4.21. The van der Waals surface area contributed by atoms with Gasteiger partial charge in [-0.25, -0.2) is 0 Å². The van der Waals surface area contributed by atoms with E-state index in [0.717, 1.165) is 11.3 Å². The molecule has 0 aromatic heterocycles. The summed E-state index contributed by atoms with van der Waals surface area (Å²) in [5.41, 5.74) is 0.927. The van der Waals surface area contributed by atoms with Crippen LogP contribution >= 0.6 is 23.2 Å². The molecule has 0 saturated heterocycles. The van der Waals surface area contributed by atoms with E-state index in [1.165, 1.54) is 0 Å². The summed E-state index contributed by atoms with van der Waals surface area (Å²) in [4.78, 5) is 13.8. The number of rotatable bonds is 7. The first-order valence-corrected chi connectivity index (χ1v) is 8.20. The summed E-state index contributed by atoms with van der Waals surface area (Å²) in [6.45, 7) is 0.787. The fraction of sp³-hybridized carbons (Fsp3) is 0.278. The molecule has 0 bridgehead atoms. The van der Waals surface area contributed by atoms with Gasteiger partial charge >= 0.3 is 0 Å². The number of hydrogen-bond acceptors (Lipinski definition) is 3. The van der Waals surface area contributed by atoms with E-state index in [0.29, 0.717) is 35.4 Å². The minimum absolute atomic E-state index is 0.00501. The number of hydrogen-bond donors (Lipinski definition) is 0. The SMILES string of the molecule is COc1ccc(OCCC(=O)N(C)Cc2ccc(Cl)c(Cl)c2)cc1. The van der Waals surface area contributed by atoms with E-state index in [9.17, 15) is 4.79 Å². The molecule has 0 unspecified atom stereocenters. The van der Waals surface area contributed by atoms with Gasteiger partial charge in [-0.05, 0) is 42.0 Å². The average molecular weight is 368 g/mol. The van der Waals surface area contributed by atoms with Crippen LogP contribution in [0.5, 0.6) is 11.5 Å². The molecule has 4 nitrogen and oxygen atoms in total. The highest BCUT2D eigenvalue weighted by molar-refractivity contribution is 6.42. The van der Waals surface area contributed by atoms with E-state index in [-0.39, 0.29) is 5.91 Å². The van der Waals surface area contributed by atoms with Gasteiger partial charge in [-0.15, -0.1) is 0 Å². The van der Waals surface area contributed by atoms with E-state index in [2.05, 4.69) is 0 Å². The fourth-order valence-corrected chi connectivity index (χ4v) is 2.44. The highest BCUT2D eigenvalue weighted by Crippen LogP contribution is 2.23. The van der Waals surface area contributed by atoms with Crippen LogP contribution in [0, 0.1) is 0 Å². The molecular weight excluding hydrogens is 349 g/mol. The molecule has 128 valence electrons. The number of benzene rings is 2. The summed E-state index contributed by atoms with van der Waals surface area (Å²) in [7, 11) is 3.36. The lowest BCUT2D eigenvalue weighted by molar-refractivity contribution is -0.130. The Labute approximate surface area is 151 Å². The third kappa shape index (κ3) is 5.32. The zero-order valence-electron chi connectivity index (χ0n) is 13.6. The monoisotopic (exact) mass is 367 g/mol. The second kappa shape index (κ2) is 8.81. The standard InChI is InChI=1S/C18H19Cl2NO3/c1-21(12-13-3-8-16(19)17(20)11-13)18(22)9-10-24-15-6-4-14(23-2)5-7-15/h3-8,11H,9-10,12H2,1-2H3. The van der Waals surface area contributed by atoms with Gasteiger partial charge in [-0.1, -0.05) is 29.3 Å². The van der Waals surface area contributed by atoms with Crippen LogP contribution in [-0.4, -0.2) is 31.6 Å². The van der Waals surface area contributed by atoms with E-state index in [1.54, 1.807) is 31.2 Å². The first kappa shape index (κ1) is 18.4. The quantitative estimate of drug-likeness (QED) is 0.726. The molecule has 6 heteroatoms. The summed E-state index contributed by atoms with van der Waals surface area (Å²) in [6, 6.07) is 12.6. The summed E-state index contributed by atoms with van der Waals surface area (Å²) in [5, 5.41) is 0.986. The zero-order chi connectivity index (χ0) is 17.5. The van der Waals surface area contributed by atoms with Crippen molar-refractivity contribution >= 4 is 29.1 Å². The van der Waals surface area contributed by atoms with Crippen LogP contribution in [0.15, 0.2) is 42.5 Å². The van der Waals surface area contributed by atoms with Crippen molar-refractivity contribution < 1.29 is 14.3 Å². The highest BCUT2D eigenvalue weighted by atomic mass is 35.5. The number of carbonyl (C=O) groups excluding carboxylic acids is 1. The van der Waals surface area contributed by atoms with Crippen LogP contribution in [-0.2, 0) is 11.3 Å². The summed E-state index contributed by atoms with van der Waals surface area (Å²) in [6.07, 6.45) is 0.295. The molecular formula is C18H19Cl2NO3. The van der Waals surface area contributed by atoms with Gasteiger partial charge in [0.05, 0.1) is 30.2 Å². The molecule has 0 saturated carbocycles. The normalized spacial score (nSPS) is 10.3. The lowest BCUT2D eigenvalue weighted by Crippen LogP contribution is -2.27. The Morgan fingerprint density at radius 2 is 1.71 bits per heavy atom. The number of carbonyl (C=O) groups is 1. The van der Waals surface area contributed by atoms with Crippen molar-refractivity contribution in [3.63, 3.8) is 0 Å². The summed E-state index contributed by atoms with van der Waals surface area (Å²) < 4.78 is 10.7. The van der Waals surface area contributed by atoms with E-state index >= 15 is 0 Å². The molecule has 1 amide bonds. The van der Waals surface area contributed by atoms with Crippen molar-refractivity contribution in [2.24, 2.45) is 0 Å². The Hall–Kier alpha value is -1.91. The number of ether oxygens (including phenoxy) is 2. The third-order valence-electron chi connectivity index (χ3n) is 3.47. The predicted molar refractivity (Wildman–Crippen MR) is 96.0 cm³/mol. The zero-order valence-corrected chi connectivity index (χ0v) is 15.1. The lowest BCUT2D eigenvalue weighted by Gasteiger charge is -2.18. The van der Waals surface area contributed by atoms with Crippen LogP contribution in [0.4, 0.5) is 0 Å². The van der Waals surface area contributed by atoms with Gasteiger partial charge in [0.15, 0.2) is 0 Å². The molecule has 0 heterocycles. The van der Waals surface area contributed by atoms with Crippen molar-refractivity contribution in [2.45, 2.75) is 13.0 Å². The van der Waals surface area contributed by atoms with Gasteiger partial charge < -0.3 is 14.4 Å². The van der Waals surface area contributed by atoms with Crippen molar-refractivity contribution in [1.82, 2.24) is 4.90 Å². The molecule has 2 aromatic carbocycles. The van der Waals surface area contributed by atoms with E-state index in [4.69, 9.17) is 32.7 Å². The molecule has 0 aliphatic heterocycles. The van der Waals surface area contributed by atoms with Gasteiger partial charge in [0.2, 0.25) is 5.91 Å². The number of methoxy groups -OCH3 is 1. The van der Waals surface area contributed by atoms with Gasteiger partial charge in [0, 0.05) is 13.6 Å². The second-order valence-corrected chi connectivity index (χ2v) is 6.09. The molecule has 0 radical (unpaired) electrons. The number of nitrogens with zero attached hydrogens (tertiary/aromatic N) is 1. The second-order valence-electron chi connectivity index (χ2n) is 5.27. The topological polar surface area (TPSA) is 38.8 Å². The maximum Gasteiger partial charge on any atom is 0.226 e. The van der Waals surface area contributed by atoms with Gasteiger partial charge in [-0.2, -0.15) is 0 Å². The van der Waals surface area contributed by atoms with Crippen molar-refractivity contribution in [3.05, 3.63) is 58.1 Å². The minimum Gasteiger partial charge on any atom is -0.497 e. The number of amides is 1. The summed E-state index contributed by atoms with van der Waals surface area (Å²) in [5.74, 6) is 1.46. The Bertz CT molecular complexity index is 689. The van der Waals surface area contributed by atoms with Gasteiger partial charge in [-0.3, -0.25) is 4.79 Å². The predicted octanol–water partition coefficient (Wildman–Crippen LogP) is 4.43. The minimum atomic E-state index is -0.00501. The largest absolute Gasteiger partial charge is 0.497 e. The molecule has 24 heavy (non-hydrogen) atoms. The number of halogens is 2. The first-order chi connectivity index (χ1) is 11.5. The van der Waals surface area contributed by atoms with Crippen LogP contribution in [0.25, 0.3) is 0 Å². The molecule has 2 rings (SSSR count). The van der Waals surface area contributed by atoms with Crippen LogP contribution in [0.1, 0.15) is 12.0 Å². The molecule has 0 N–H and O–H groups in total. The molecule has 0 spiro atoms. The van der Waals surface area contributed by atoms with Crippen molar-refractivity contribution in [1.29, 1.82) is 0 Å².